The van der Waals surface area contributed by atoms with Crippen LogP contribution in [-0.4, -0.2) is 64.0 Å². The number of likely N-dealkylation sites (tertiary alicyclic amines) is 1. The maximum Gasteiger partial charge on any atom is 0.240 e. The molecule has 0 atom stereocenters. The number of carbonyl (C=O) groups excluding carboxylic acids is 2. The van der Waals surface area contributed by atoms with Gasteiger partial charge in [0.25, 0.3) is 0 Å². The second-order valence-corrected chi connectivity index (χ2v) is 9.64. The van der Waals surface area contributed by atoms with Crippen LogP contribution in [-0.2, 0) is 19.6 Å². The van der Waals surface area contributed by atoms with E-state index in [-0.39, 0.29) is 22.8 Å². The summed E-state index contributed by atoms with van der Waals surface area (Å²) >= 11 is 0. The van der Waals surface area contributed by atoms with E-state index < -0.39 is 10.0 Å². The number of nitrogens with zero attached hydrogens (tertiary/aromatic N) is 1. The molecule has 2 aliphatic rings. The molecule has 31 heavy (non-hydrogen) atoms. The van der Waals surface area contributed by atoms with Crippen molar-refractivity contribution in [3.63, 3.8) is 0 Å². The van der Waals surface area contributed by atoms with Crippen LogP contribution in [0.25, 0.3) is 0 Å². The Balaban J connectivity index is 1.32. The van der Waals surface area contributed by atoms with Gasteiger partial charge in [-0.1, -0.05) is 6.42 Å². The van der Waals surface area contributed by atoms with Gasteiger partial charge >= 0.3 is 0 Å². The number of hydrogen-bond acceptors (Lipinski definition) is 6. The Morgan fingerprint density at radius 1 is 1.06 bits per heavy atom. The lowest BCUT2D eigenvalue weighted by molar-refractivity contribution is -0.132. The van der Waals surface area contributed by atoms with Crippen molar-refractivity contribution in [1.29, 1.82) is 0 Å². The molecule has 0 bridgehead atoms. The molecule has 1 aromatic carbocycles. The molecular weight excluding hydrogens is 422 g/mol. The first-order valence-corrected chi connectivity index (χ1v) is 12.3. The smallest absolute Gasteiger partial charge is 0.240 e. The summed E-state index contributed by atoms with van der Waals surface area (Å²) in [4.78, 5) is 25.4. The molecule has 0 aliphatic carbocycles. The van der Waals surface area contributed by atoms with E-state index in [4.69, 9.17) is 9.47 Å². The van der Waals surface area contributed by atoms with Crippen LogP contribution in [0.2, 0.25) is 0 Å². The standard InChI is InChI=1S/C21H31N3O6S/c1-16(25)23-17-8-11-24(12-9-17)21(26)5-3-2-4-10-22-31(27,28)18-6-7-19-20(15-18)30-14-13-29-19/h6-7,15,17,22H,2-5,8-14H2,1H3,(H,23,25). The number of hydrogen-bond donors (Lipinski definition) is 2. The average Bonchev–Trinajstić information content (AvgIpc) is 2.75. The largest absolute Gasteiger partial charge is 0.486 e. The monoisotopic (exact) mass is 453 g/mol. The Labute approximate surface area is 183 Å². The summed E-state index contributed by atoms with van der Waals surface area (Å²) in [5.41, 5.74) is 0. The van der Waals surface area contributed by atoms with Gasteiger partial charge in [-0.15, -0.1) is 0 Å². The van der Waals surface area contributed by atoms with Crippen molar-refractivity contribution in [3.8, 4) is 11.5 Å². The molecule has 0 unspecified atom stereocenters. The van der Waals surface area contributed by atoms with Crippen molar-refractivity contribution in [2.75, 3.05) is 32.8 Å². The lowest BCUT2D eigenvalue weighted by Crippen LogP contribution is -2.46. The van der Waals surface area contributed by atoms with E-state index in [0.717, 1.165) is 25.7 Å². The maximum atomic E-state index is 12.5. The predicted molar refractivity (Wildman–Crippen MR) is 115 cm³/mol. The zero-order valence-corrected chi connectivity index (χ0v) is 18.7. The van der Waals surface area contributed by atoms with Crippen molar-refractivity contribution >= 4 is 21.8 Å². The van der Waals surface area contributed by atoms with Gasteiger partial charge < -0.3 is 19.7 Å². The van der Waals surface area contributed by atoms with Gasteiger partial charge in [-0.2, -0.15) is 0 Å². The molecule has 2 aliphatic heterocycles. The summed E-state index contributed by atoms with van der Waals surface area (Å²) in [6.45, 7) is 4.00. The zero-order valence-electron chi connectivity index (χ0n) is 17.9. The highest BCUT2D eigenvalue weighted by Crippen LogP contribution is 2.32. The first-order chi connectivity index (χ1) is 14.8. The van der Waals surface area contributed by atoms with E-state index in [1.54, 1.807) is 6.07 Å². The first kappa shape index (κ1) is 23.3. The lowest BCUT2D eigenvalue weighted by atomic mass is 10.0. The van der Waals surface area contributed by atoms with Crippen LogP contribution >= 0.6 is 0 Å². The SMILES string of the molecule is CC(=O)NC1CCN(C(=O)CCCCCNS(=O)(=O)c2ccc3c(c2)OCCO3)CC1. The van der Waals surface area contributed by atoms with Gasteiger partial charge in [-0.05, 0) is 37.8 Å². The van der Waals surface area contributed by atoms with Crippen LogP contribution in [0.5, 0.6) is 11.5 Å². The number of piperidine rings is 1. The van der Waals surface area contributed by atoms with E-state index >= 15 is 0 Å². The Bertz CT molecular complexity index is 881. The van der Waals surface area contributed by atoms with E-state index in [1.807, 2.05) is 4.90 Å². The van der Waals surface area contributed by atoms with Crippen LogP contribution in [0.4, 0.5) is 0 Å². The van der Waals surface area contributed by atoms with E-state index in [0.29, 0.717) is 57.2 Å². The molecule has 1 saturated heterocycles. The number of sulfonamides is 1. The summed E-state index contributed by atoms with van der Waals surface area (Å²) in [6, 6.07) is 4.74. The molecule has 2 heterocycles. The van der Waals surface area contributed by atoms with Crippen LogP contribution in [0.15, 0.2) is 23.1 Å². The quantitative estimate of drug-likeness (QED) is 0.547. The highest BCUT2D eigenvalue weighted by Gasteiger charge is 2.23. The first-order valence-electron chi connectivity index (χ1n) is 10.8. The number of fused-ring (bicyclic) bond motifs is 1. The highest BCUT2D eigenvalue weighted by atomic mass is 32.2. The second kappa shape index (κ2) is 10.8. The molecule has 2 amide bonds. The molecule has 2 N–H and O–H groups in total. The Morgan fingerprint density at radius 2 is 1.77 bits per heavy atom. The number of nitrogens with one attached hydrogen (secondary N) is 2. The van der Waals surface area contributed by atoms with Crippen molar-refractivity contribution in [2.24, 2.45) is 0 Å². The van der Waals surface area contributed by atoms with Gasteiger partial charge in [0.2, 0.25) is 21.8 Å². The molecule has 0 aromatic heterocycles. The second-order valence-electron chi connectivity index (χ2n) is 7.87. The van der Waals surface area contributed by atoms with Gasteiger partial charge in [0.15, 0.2) is 11.5 Å². The fourth-order valence-corrected chi connectivity index (χ4v) is 4.87. The summed E-state index contributed by atoms with van der Waals surface area (Å²) < 4.78 is 38.4. The van der Waals surface area contributed by atoms with Gasteiger partial charge in [0.1, 0.15) is 13.2 Å². The average molecular weight is 454 g/mol. The van der Waals surface area contributed by atoms with Crippen LogP contribution in [0, 0.1) is 0 Å². The number of ether oxygens (including phenoxy) is 2. The molecule has 0 radical (unpaired) electrons. The van der Waals surface area contributed by atoms with Crippen molar-refractivity contribution in [2.45, 2.75) is 56.4 Å². The fraction of sp³-hybridized carbons (Fsp3) is 0.619. The minimum absolute atomic E-state index is 0.0330. The van der Waals surface area contributed by atoms with E-state index in [2.05, 4.69) is 10.0 Å². The van der Waals surface area contributed by atoms with Crippen molar-refractivity contribution in [1.82, 2.24) is 14.9 Å². The molecule has 10 heteroatoms. The Morgan fingerprint density at radius 3 is 2.48 bits per heavy atom. The maximum absolute atomic E-state index is 12.5. The third kappa shape index (κ3) is 6.83. The lowest BCUT2D eigenvalue weighted by Gasteiger charge is -2.32. The molecule has 172 valence electrons. The molecule has 9 nitrogen and oxygen atoms in total. The molecule has 0 spiro atoms. The summed E-state index contributed by atoms with van der Waals surface area (Å²) in [5, 5.41) is 2.90. The van der Waals surface area contributed by atoms with Gasteiger partial charge in [0.05, 0.1) is 4.90 Å². The third-order valence-electron chi connectivity index (χ3n) is 5.44. The Kier molecular flexibility index (Phi) is 8.14. The number of benzene rings is 1. The predicted octanol–water partition coefficient (Wildman–Crippen LogP) is 1.42. The minimum atomic E-state index is -3.62. The third-order valence-corrected chi connectivity index (χ3v) is 6.90. The van der Waals surface area contributed by atoms with Gasteiger partial charge in [0, 0.05) is 45.1 Å². The summed E-state index contributed by atoms with van der Waals surface area (Å²) in [6.07, 6.45) is 4.16. The van der Waals surface area contributed by atoms with Crippen molar-refractivity contribution in [3.05, 3.63) is 18.2 Å². The Hall–Kier alpha value is -2.33. The van der Waals surface area contributed by atoms with Crippen molar-refractivity contribution < 1.29 is 27.5 Å². The highest BCUT2D eigenvalue weighted by molar-refractivity contribution is 7.89. The molecule has 3 rings (SSSR count). The molecule has 1 fully saturated rings. The topological polar surface area (TPSA) is 114 Å². The van der Waals surface area contributed by atoms with Crippen LogP contribution < -0.4 is 19.5 Å². The zero-order chi connectivity index (χ0) is 22.3. The molecule has 0 saturated carbocycles. The molecular formula is C21H31N3O6S. The minimum Gasteiger partial charge on any atom is -0.486 e. The number of rotatable bonds is 9. The van der Waals surface area contributed by atoms with Crippen LogP contribution in [0.1, 0.15) is 45.4 Å². The summed E-state index contributed by atoms with van der Waals surface area (Å²) in [7, 11) is -3.62. The van der Waals surface area contributed by atoms with Gasteiger partial charge in [-0.3, -0.25) is 9.59 Å². The number of amides is 2. The molecule has 1 aromatic rings. The fourth-order valence-electron chi connectivity index (χ4n) is 3.78. The van der Waals surface area contributed by atoms with Gasteiger partial charge in [-0.25, -0.2) is 13.1 Å². The number of unbranched alkanes of at least 4 members (excludes halogenated alkanes) is 2. The van der Waals surface area contributed by atoms with E-state index in [1.165, 1.54) is 19.1 Å². The van der Waals surface area contributed by atoms with Crippen LogP contribution in [0.3, 0.4) is 0 Å². The van der Waals surface area contributed by atoms with E-state index in [9.17, 15) is 18.0 Å². The number of carbonyl (C=O) groups is 2. The summed E-state index contributed by atoms with van der Waals surface area (Å²) in [5.74, 6) is 1.08. The normalized spacial score (nSPS) is 16.7.